The van der Waals surface area contributed by atoms with Crippen LogP contribution in [0.5, 0.6) is 0 Å². The van der Waals surface area contributed by atoms with E-state index in [-0.39, 0.29) is 12.9 Å². The number of nitrogens with one attached hydrogen (secondary N) is 1. The molecule has 7 heteroatoms. The quantitative estimate of drug-likeness (QED) is 0.695. The van der Waals surface area contributed by atoms with Crippen molar-refractivity contribution < 1.29 is 5.11 Å². The Morgan fingerprint density at radius 3 is 2.22 bits per heavy atom. The lowest BCUT2D eigenvalue weighted by Gasteiger charge is -2.40. The second-order valence-electron chi connectivity index (χ2n) is 8.57. The van der Waals surface area contributed by atoms with Gasteiger partial charge in [0.15, 0.2) is 12.1 Å². The zero-order valence-electron chi connectivity index (χ0n) is 18.5. The van der Waals surface area contributed by atoms with Crippen LogP contribution in [0.3, 0.4) is 0 Å². The van der Waals surface area contributed by atoms with Gasteiger partial charge in [0.2, 0.25) is 0 Å². The predicted octanol–water partition coefficient (Wildman–Crippen LogP) is 1.70. The molecule has 3 aliphatic heterocycles. The number of nitrogens with zero attached hydrogens (tertiary/aromatic N) is 5. The zero-order valence-corrected chi connectivity index (χ0v) is 18.5. The number of amidine groups is 1. The number of aliphatic hydroxyl groups excluding tert-OH is 1. The fourth-order valence-corrected chi connectivity index (χ4v) is 4.70. The lowest BCUT2D eigenvalue weighted by atomic mass is 10.1. The summed E-state index contributed by atoms with van der Waals surface area (Å²) >= 11 is 0. The zero-order chi connectivity index (χ0) is 21.8. The van der Waals surface area contributed by atoms with Crippen LogP contribution in [-0.4, -0.2) is 82.8 Å². The van der Waals surface area contributed by atoms with Gasteiger partial charge in [0.05, 0.1) is 19.0 Å². The Bertz CT molecular complexity index is 941. The van der Waals surface area contributed by atoms with Gasteiger partial charge < -0.3 is 25.1 Å². The summed E-state index contributed by atoms with van der Waals surface area (Å²) in [6.07, 6.45) is 2.19. The molecule has 3 heterocycles. The summed E-state index contributed by atoms with van der Waals surface area (Å²) in [4.78, 5) is 14.7. The highest BCUT2D eigenvalue weighted by Crippen LogP contribution is 2.31. The second-order valence-corrected chi connectivity index (χ2v) is 8.57. The lowest BCUT2D eigenvalue weighted by Crippen LogP contribution is -2.52. The van der Waals surface area contributed by atoms with E-state index in [1.165, 1.54) is 11.1 Å². The third kappa shape index (κ3) is 4.50. The van der Waals surface area contributed by atoms with Crippen molar-refractivity contribution in [2.24, 2.45) is 4.99 Å². The van der Waals surface area contributed by atoms with Crippen molar-refractivity contribution in [1.82, 2.24) is 24.9 Å². The van der Waals surface area contributed by atoms with Crippen LogP contribution in [0.2, 0.25) is 0 Å². The fraction of sp³-hybridized carbons (Fsp3) is 0.400. The normalized spacial score (nSPS) is 21.4. The Kier molecular flexibility index (Phi) is 6.39. The second kappa shape index (κ2) is 9.73. The maximum absolute atomic E-state index is 9.64. The average molecular weight is 433 g/mol. The molecule has 0 aliphatic carbocycles. The van der Waals surface area contributed by atoms with Crippen LogP contribution in [0.4, 0.5) is 0 Å². The van der Waals surface area contributed by atoms with Crippen LogP contribution in [0.25, 0.3) is 0 Å². The SMILES string of the molecule is OCCN1C=C2C(=NC(N3CCNCC3)N2Cc2ccccc2)N(Cc2ccccc2)C1. The van der Waals surface area contributed by atoms with E-state index in [1.807, 2.05) is 0 Å². The number of benzene rings is 2. The first kappa shape index (κ1) is 21.0. The van der Waals surface area contributed by atoms with Crippen molar-refractivity contribution in [3.8, 4) is 0 Å². The molecule has 0 bridgehead atoms. The van der Waals surface area contributed by atoms with Crippen molar-refractivity contribution in [1.29, 1.82) is 0 Å². The molecule has 5 rings (SSSR count). The Hall–Kier alpha value is -2.87. The molecule has 1 fully saturated rings. The maximum Gasteiger partial charge on any atom is 0.181 e. The molecule has 1 unspecified atom stereocenters. The number of aliphatic imine (C=N–C) groups is 1. The summed E-state index contributed by atoms with van der Waals surface area (Å²) in [6.45, 7) is 7.03. The molecule has 1 saturated heterocycles. The van der Waals surface area contributed by atoms with Gasteiger partial charge in [-0.05, 0) is 11.1 Å². The minimum absolute atomic E-state index is 0.00842. The molecule has 0 saturated carbocycles. The molecule has 0 spiro atoms. The first-order chi connectivity index (χ1) is 15.8. The van der Waals surface area contributed by atoms with Gasteiger partial charge in [-0.2, -0.15) is 0 Å². The summed E-state index contributed by atoms with van der Waals surface area (Å²) in [5.41, 5.74) is 3.69. The Morgan fingerprint density at radius 1 is 0.906 bits per heavy atom. The van der Waals surface area contributed by atoms with Crippen LogP contribution < -0.4 is 5.32 Å². The van der Waals surface area contributed by atoms with Crippen LogP contribution in [0.1, 0.15) is 11.1 Å². The van der Waals surface area contributed by atoms with E-state index in [1.54, 1.807) is 0 Å². The molecule has 2 N–H and O–H groups in total. The van der Waals surface area contributed by atoms with Gasteiger partial charge in [0, 0.05) is 52.0 Å². The number of aliphatic hydroxyl groups is 1. The summed E-state index contributed by atoms with van der Waals surface area (Å²) < 4.78 is 0. The van der Waals surface area contributed by atoms with Gasteiger partial charge in [0.25, 0.3) is 0 Å². The van der Waals surface area contributed by atoms with Crippen LogP contribution in [0.15, 0.2) is 77.6 Å². The van der Waals surface area contributed by atoms with Gasteiger partial charge in [0.1, 0.15) is 0 Å². The molecule has 2 aromatic carbocycles. The number of β-amino-alcohol motifs (C(OH)–C–C–N with tert-alkyl or cyclic N) is 1. The number of hydrogen-bond donors (Lipinski definition) is 2. The summed E-state index contributed by atoms with van der Waals surface area (Å²) in [5, 5.41) is 13.1. The highest BCUT2D eigenvalue weighted by atomic mass is 16.3. The van der Waals surface area contributed by atoms with Gasteiger partial charge in [-0.3, -0.25) is 4.90 Å². The lowest BCUT2D eigenvalue weighted by molar-refractivity contribution is 0.0693. The first-order valence-corrected chi connectivity index (χ1v) is 11.5. The van der Waals surface area contributed by atoms with E-state index >= 15 is 0 Å². The fourth-order valence-electron chi connectivity index (χ4n) is 4.70. The van der Waals surface area contributed by atoms with Crippen molar-refractivity contribution in [3.63, 3.8) is 0 Å². The summed E-state index contributed by atoms with van der Waals surface area (Å²) in [5.74, 6) is 1.06. The first-order valence-electron chi connectivity index (χ1n) is 11.5. The van der Waals surface area contributed by atoms with E-state index < -0.39 is 0 Å². The number of piperazine rings is 1. The van der Waals surface area contributed by atoms with Crippen LogP contribution in [-0.2, 0) is 13.1 Å². The third-order valence-corrected chi connectivity index (χ3v) is 6.29. The largest absolute Gasteiger partial charge is 0.395 e. The molecule has 0 aromatic heterocycles. The maximum atomic E-state index is 9.64. The highest BCUT2D eigenvalue weighted by Gasteiger charge is 2.40. The molecule has 7 nitrogen and oxygen atoms in total. The number of rotatable bonds is 7. The number of fused-ring (bicyclic) bond motifs is 1. The molecule has 168 valence electrons. The van der Waals surface area contributed by atoms with E-state index in [2.05, 4.69) is 91.8 Å². The average Bonchev–Trinajstić information content (AvgIpc) is 3.20. The smallest absolute Gasteiger partial charge is 0.181 e. The molecule has 3 aliphatic rings. The summed E-state index contributed by atoms with van der Waals surface area (Å²) in [6, 6.07) is 21.2. The molecule has 0 radical (unpaired) electrons. The van der Waals surface area contributed by atoms with Gasteiger partial charge in [-0.25, -0.2) is 4.99 Å². The van der Waals surface area contributed by atoms with Crippen LogP contribution in [0, 0.1) is 0 Å². The standard InChI is InChI=1S/C25H32N6O/c32-16-15-28-19-23-24(30(20-28)17-21-7-3-1-4-8-21)27-25(29-13-11-26-12-14-29)31(23)18-22-9-5-2-6-10-22/h1-10,19,25-26,32H,11-18,20H2. The highest BCUT2D eigenvalue weighted by molar-refractivity contribution is 6.00. The predicted molar refractivity (Wildman–Crippen MR) is 126 cm³/mol. The van der Waals surface area contributed by atoms with Crippen molar-refractivity contribution in [2.75, 3.05) is 46.0 Å². The Morgan fingerprint density at radius 2 is 1.56 bits per heavy atom. The monoisotopic (exact) mass is 432 g/mol. The van der Waals surface area contributed by atoms with E-state index in [9.17, 15) is 5.11 Å². The Balaban J connectivity index is 1.49. The molecule has 32 heavy (non-hydrogen) atoms. The minimum atomic E-state index is -0.00842. The summed E-state index contributed by atoms with van der Waals surface area (Å²) in [7, 11) is 0. The van der Waals surface area contributed by atoms with Gasteiger partial charge in [-0.15, -0.1) is 0 Å². The van der Waals surface area contributed by atoms with Crippen molar-refractivity contribution >= 4 is 5.84 Å². The topological polar surface area (TPSA) is 57.6 Å². The molecule has 1 atom stereocenters. The van der Waals surface area contributed by atoms with E-state index in [4.69, 9.17) is 4.99 Å². The Labute approximate surface area is 190 Å². The van der Waals surface area contributed by atoms with Crippen LogP contribution >= 0.6 is 0 Å². The molecule has 0 amide bonds. The molecular weight excluding hydrogens is 400 g/mol. The molecular formula is C25H32N6O. The van der Waals surface area contributed by atoms with E-state index in [0.29, 0.717) is 6.54 Å². The van der Waals surface area contributed by atoms with Crippen molar-refractivity contribution in [2.45, 2.75) is 19.4 Å². The minimum Gasteiger partial charge on any atom is -0.395 e. The van der Waals surface area contributed by atoms with Gasteiger partial charge in [-0.1, -0.05) is 60.7 Å². The third-order valence-electron chi connectivity index (χ3n) is 6.29. The van der Waals surface area contributed by atoms with E-state index in [0.717, 1.165) is 57.5 Å². The van der Waals surface area contributed by atoms with Crippen molar-refractivity contribution in [3.05, 3.63) is 83.7 Å². The molecule has 2 aromatic rings. The number of hydrogen-bond acceptors (Lipinski definition) is 7. The van der Waals surface area contributed by atoms with Gasteiger partial charge >= 0.3 is 0 Å².